The topological polar surface area (TPSA) is 97.9 Å². The van der Waals surface area contributed by atoms with E-state index in [-0.39, 0.29) is 23.1 Å². The van der Waals surface area contributed by atoms with Crippen LogP contribution in [0.3, 0.4) is 0 Å². The summed E-state index contributed by atoms with van der Waals surface area (Å²) in [5.41, 5.74) is 2.43. The number of pyridine rings is 1. The summed E-state index contributed by atoms with van der Waals surface area (Å²) in [6, 6.07) is 8.87. The molecule has 0 aliphatic carbocycles. The summed E-state index contributed by atoms with van der Waals surface area (Å²) in [6.07, 6.45) is 4.51. The molecule has 0 unspecified atom stereocenters. The monoisotopic (exact) mass is 506 g/mol. The van der Waals surface area contributed by atoms with Crippen molar-refractivity contribution in [2.24, 2.45) is 5.41 Å². The Morgan fingerprint density at radius 3 is 2.32 bits per heavy atom. The highest BCUT2D eigenvalue weighted by atomic mass is 16.2. The second-order valence-electron chi connectivity index (χ2n) is 10.9. The smallest absolute Gasteiger partial charge is 0.255 e. The number of hydrogen-bond donors (Lipinski definition) is 2. The largest absolute Gasteiger partial charge is 0.368 e. The van der Waals surface area contributed by atoms with Crippen molar-refractivity contribution in [3.05, 3.63) is 53.9 Å². The highest BCUT2D eigenvalue weighted by molar-refractivity contribution is 6.07. The minimum Gasteiger partial charge on any atom is -0.368 e. The number of piperazine rings is 1. The molecule has 3 amide bonds. The van der Waals surface area contributed by atoms with Crippen molar-refractivity contribution in [2.75, 3.05) is 62.6 Å². The number of amides is 3. The average Bonchev–Trinajstić information content (AvgIpc) is 3.15. The zero-order valence-electron chi connectivity index (χ0n) is 22.1. The summed E-state index contributed by atoms with van der Waals surface area (Å²) >= 11 is 0. The second kappa shape index (κ2) is 11.7. The Bertz CT molecular complexity index is 1110. The maximum atomic E-state index is 13.2. The van der Waals surface area contributed by atoms with Gasteiger partial charge in [0, 0.05) is 82.3 Å². The molecule has 4 rings (SSSR count). The third-order valence-corrected chi connectivity index (χ3v) is 6.71. The van der Waals surface area contributed by atoms with Gasteiger partial charge in [-0.3, -0.25) is 19.4 Å². The molecule has 2 N–H and O–H groups in total. The fourth-order valence-electron chi connectivity index (χ4n) is 4.77. The lowest BCUT2D eigenvalue weighted by Gasteiger charge is -2.29. The van der Waals surface area contributed by atoms with Crippen LogP contribution in [0.25, 0.3) is 0 Å². The van der Waals surface area contributed by atoms with Gasteiger partial charge in [0.1, 0.15) is 0 Å². The standard InChI is InChI=1S/C28H38N6O3/c1-28(2,3)20-25(35)33-14-4-13-32(17-18-33)24-6-5-22(27(37)34-15-11-30-12-16-34)19-23(24)31-26(36)21-7-9-29-10-8-21/h5-10,19,30H,4,11-18,20H2,1-3H3,(H,31,36). The van der Waals surface area contributed by atoms with E-state index >= 15 is 0 Å². The minimum absolute atomic E-state index is 0.0396. The van der Waals surface area contributed by atoms with Crippen molar-refractivity contribution in [3.8, 4) is 0 Å². The van der Waals surface area contributed by atoms with Gasteiger partial charge in [-0.25, -0.2) is 0 Å². The molecule has 2 aromatic rings. The Kier molecular flexibility index (Phi) is 8.43. The Hall–Kier alpha value is -3.46. The molecular weight excluding hydrogens is 468 g/mol. The minimum atomic E-state index is -0.257. The number of carbonyl (C=O) groups is 3. The van der Waals surface area contributed by atoms with Crippen LogP contribution in [0.4, 0.5) is 11.4 Å². The molecule has 2 aliphatic rings. The SMILES string of the molecule is CC(C)(C)CC(=O)N1CCCN(c2ccc(C(=O)N3CCNCC3)cc2NC(=O)c2ccncc2)CC1. The van der Waals surface area contributed by atoms with Crippen LogP contribution in [0.2, 0.25) is 0 Å². The third kappa shape index (κ3) is 7.07. The van der Waals surface area contributed by atoms with E-state index in [9.17, 15) is 14.4 Å². The van der Waals surface area contributed by atoms with E-state index in [1.807, 2.05) is 21.9 Å². The van der Waals surface area contributed by atoms with Gasteiger partial charge in [0.05, 0.1) is 11.4 Å². The van der Waals surface area contributed by atoms with E-state index in [2.05, 4.69) is 41.3 Å². The molecule has 9 heteroatoms. The molecule has 198 valence electrons. The summed E-state index contributed by atoms with van der Waals surface area (Å²) < 4.78 is 0. The molecule has 3 heterocycles. The molecule has 0 atom stereocenters. The van der Waals surface area contributed by atoms with E-state index in [0.29, 0.717) is 56.0 Å². The van der Waals surface area contributed by atoms with Crippen LogP contribution in [0.15, 0.2) is 42.7 Å². The van der Waals surface area contributed by atoms with Gasteiger partial charge in [-0.05, 0) is 42.2 Å². The van der Waals surface area contributed by atoms with Gasteiger partial charge in [-0.15, -0.1) is 0 Å². The predicted molar refractivity (Wildman–Crippen MR) is 145 cm³/mol. The van der Waals surface area contributed by atoms with Crippen molar-refractivity contribution in [3.63, 3.8) is 0 Å². The first-order chi connectivity index (χ1) is 17.7. The molecule has 2 aliphatic heterocycles. The maximum Gasteiger partial charge on any atom is 0.255 e. The second-order valence-corrected chi connectivity index (χ2v) is 10.9. The summed E-state index contributed by atoms with van der Waals surface area (Å²) in [4.78, 5) is 49.1. The van der Waals surface area contributed by atoms with Crippen molar-refractivity contribution in [1.29, 1.82) is 0 Å². The molecule has 0 saturated carbocycles. The molecule has 0 bridgehead atoms. The van der Waals surface area contributed by atoms with Crippen molar-refractivity contribution in [2.45, 2.75) is 33.6 Å². The predicted octanol–water partition coefficient (Wildman–Crippen LogP) is 2.85. The van der Waals surface area contributed by atoms with Gasteiger partial charge < -0.3 is 25.3 Å². The summed E-state index contributed by atoms with van der Waals surface area (Å²) in [6.45, 7) is 11.8. The van der Waals surface area contributed by atoms with Gasteiger partial charge in [0.15, 0.2) is 0 Å². The zero-order chi connectivity index (χ0) is 26.4. The lowest BCUT2D eigenvalue weighted by molar-refractivity contribution is -0.132. The number of aromatic nitrogens is 1. The summed E-state index contributed by atoms with van der Waals surface area (Å²) in [7, 11) is 0. The van der Waals surface area contributed by atoms with E-state index in [1.165, 1.54) is 0 Å². The molecule has 2 saturated heterocycles. The van der Waals surface area contributed by atoms with Gasteiger partial charge in [0.2, 0.25) is 5.91 Å². The van der Waals surface area contributed by atoms with Crippen LogP contribution in [0, 0.1) is 5.41 Å². The number of benzene rings is 1. The van der Waals surface area contributed by atoms with Crippen molar-refractivity contribution >= 4 is 29.1 Å². The number of rotatable bonds is 5. The lowest BCUT2D eigenvalue weighted by atomic mass is 9.91. The van der Waals surface area contributed by atoms with Crippen LogP contribution in [0.1, 0.15) is 54.3 Å². The summed E-state index contributed by atoms with van der Waals surface area (Å²) in [5.74, 6) is -0.118. The molecular formula is C28H38N6O3. The van der Waals surface area contributed by atoms with Crippen LogP contribution in [0.5, 0.6) is 0 Å². The van der Waals surface area contributed by atoms with E-state index in [1.54, 1.807) is 30.6 Å². The highest BCUT2D eigenvalue weighted by Gasteiger charge is 2.26. The molecule has 37 heavy (non-hydrogen) atoms. The first kappa shape index (κ1) is 26.6. The molecule has 0 spiro atoms. The maximum absolute atomic E-state index is 13.2. The highest BCUT2D eigenvalue weighted by Crippen LogP contribution is 2.30. The summed E-state index contributed by atoms with van der Waals surface area (Å²) in [5, 5.41) is 6.30. The van der Waals surface area contributed by atoms with Crippen molar-refractivity contribution < 1.29 is 14.4 Å². The zero-order valence-corrected chi connectivity index (χ0v) is 22.1. The van der Waals surface area contributed by atoms with E-state index in [4.69, 9.17) is 0 Å². The average molecular weight is 507 g/mol. The number of nitrogens with zero attached hydrogens (tertiary/aromatic N) is 4. The Labute approximate surface area is 219 Å². The Morgan fingerprint density at radius 2 is 1.62 bits per heavy atom. The number of anilines is 2. The fourth-order valence-corrected chi connectivity index (χ4v) is 4.77. The third-order valence-electron chi connectivity index (χ3n) is 6.71. The Balaban J connectivity index is 1.57. The van der Waals surface area contributed by atoms with Crippen LogP contribution in [-0.2, 0) is 4.79 Å². The Morgan fingerprint density at radius 1 is 0.892 bits per heavy atom. The van der Waals surface area contributed by atoms with Crippen molar-refractivity contribution in [1.82, 2.24) is 20.1 Å². The van der Waals surface area contributed by atoms with Gasteiger partial charge >= 0.3 is 0 Å². The first-order valence-corrected chi connectivity index (χ1v) is 13.1. The number of hydrogen-bond acceptors (Lipinski definition) is 6. The number of nitrogens with one attached hydrogen (secondary N) is 2. The molecule has 9 nitrogen and oxygen atoms in total. The first-order valence-electron chi connectivity index (χ1n) is 13.1. The molecule has 2 fully saturated rings. The van der Waals surface area contributed by atoms with Crippen LogP contribution >= 0.6 is 0 Å². The van der Waals surface area contributed by atoms with Crippen LogP contribution in [-0.4, -0.2) is 84.9 Å². The molecule has 1 aromatic heterocycles. The molecule has 1 aromatic carbocycles. The van der Waals surface area contributed by atoms with Gasteiger partial charge in [-0.1, -0.05) is 20.8 Å². The van der Waals surface area contributed by atoms with Gasteiger partial charge in [0.25, 0.3) is 11.8 Å². The van der Waals surface area contributed by atoms with Crippen LogP contribution < -0.4 is 15.5 Å². The van der Waals surface area contributed by atoms with Gasteiger partial charge in [-0.2, -0.15) is 0 Å². The fraction of sp³-hybridized carbons (Fsp3) is 0.500. The van der Waals surface area contributed by atoms with E-state index < -0.39 is 0 Å². The number of carbonyl (C=O) groups excluding carboxylic acids is 3. The quantitative estimate of drug-likeness (QED) is 0.647. The lowest BCUT2D eigenvalue weighted by Crippen LogP contribution is -2.46. The van der Waals surface area contributed by atoms with E-state index in [0.717, 1.165) is 31.7 Å². The normalized spacial score (nSPS) is 16.8. The molecule has 0 radical (unpaired) electrons.